The lowest BCUT2D eigenvalue weighted by molar-refractivity contribution is -0.121. The van der Waals surface area contributed by atoms with Crippen molar-refractivity contribution in [2.24, 2.45) is 11.8 Å². The van der Waals surface area contributed by atoms with Crippen LogP contribution in [0.1, 0.15) is 30.9 Å². The summed E-state index contributed by atoms with van der Waals surface area (Å²) in [7, 11) is -2.07. The molecule has 2 aliphatic rings. The van der Waals surface area contributed by atoms with Crippen LogP contribution in [0.3, 0.4) is 0 Å². The van der Waals surface area contributed by atoms with E-state index in [1.165, 1.54) is 11.4 Å². The molecule has 0 spiro atoms. The Morgan fingerprint density at radius 2 is 2.04 bits per heavy atom. The van der Waals surface area contributed by atoms with Gasteiger partial charge in [0.25, 0.3) is 0 Å². The van der Waals surface area contributed by atoms with E-state index >= 15 is 0 Å². The highest BCUT2D eigenvalue weighted by atomic mass is 32.2. The predicted octanol–water partition coefficient (Wildman–Crippen LogP) is 0.764. The average Bonchev–Trinajstić information content (AvgIpc) is 3.08. The molecule has 0 radical (unpaired) electrons. The van der Waals surface area contributed by atoms with Crippen LogP contribution in [-0.4, -0.2) is 50.1 Å². The molecule has 1 aromatic carbocycles. The molecule has 3 N–H and O–H groups in total. The molecule has 0 aromatic heterocycles. The summed E-state index contributed by atoms with van der Waals surface area (Å²) in [6.45, 7) is 5.12. The van der Waals surface area contributed by atoms with E-state index in [0.717, 1.165) is 24.1 Å². The minimum atomic E-state index is -3.57. The highest BCUT2D eigenvalue weighted by Gasteiger charge is 2.46. The molecular weight excluding hydrogens is 364 g/mol. The van der Waals surface area contributed by atoms with Gasteiger partial charge in [0, 0.05) is 26.2 Å². The van der Waals surface area contributed by atoms with E-state index in [4.69, 9.17) is 0 Å². The third-order valence-corrected chi connectivity index (χ3v) is 8.05. The molecule has 1 heterocycles. The molecule has 8 heteroatoms. The summed E-state index contributed by atoms with van der Waals surface area (Å²) in [6, 6.07) is 7.73. The van der Waals surface area contributed by atoms with Crippen molar-refractivity contribution >= 4 is 15.9 Å². The number of sulfonamides is 1. The third kappa shape index (κ3) is 4.51. The summed E-state index contributed by atoms with van der Waals surface area (Å²) in [5.74, 6) is 0.384. The van der Waals surface area contributed by atoms with Crippen molar-refractivity contribution in [2.75, 3.05) is 20.1 Å². The quantitative estimate of drug-likeness (QED) is 0.663. The lowest BCUT2D eigenvalue weighted by Crippen LogP contribution is -2.54. The Morgan fingerprint density at radius 3 is 2.78 bits per heavy atom. The van der Waals surface area contributed by atoms with E-state index in [1.54, 1.807) is 0 Å². The van der Waals surface area contributed by atoms with Crippen LogP contribution in [0.5, 0.6) is 0 Å². The monoisotopic (exact) mass is 394 g/mol. The van der Waals surface area contributed by atoms with Gasteiger partial charge in [0.2, 0.25) is 15.9 Å². The highest BCUT2D eigenvalue weighted by Crippen LogP contribution is 2.35. The Morgan fingerprint density at radius 1 is 1.30 bits per heavy atom. The van der Waals surface area contributed by atoms with E-state index in [0.29, 0.717) is 24.8 Å². The summed E-state index contributed by atoms with van der Waals surface area (Å²) in [6.07, 6.45) is 1.64. The van der Waals surface area contributed by atoms with Crippen molar-refractivity contribution in [1.82, 2.24) is 20.5 Å². The molecule has 1 aliphatic carbocycles. The maximum atomic E-state index is 13.1. The third-order valence-electron chi connectivity index (χ3n) is 5.80. The molecule has 1 amide bonds. The van der Waals surface area contributed by atoms with Gasteiger partial charge in [0.05, 0.1) is 11.8 Å². The molecule has 4 unspecified atom stereocenters. The standard InChI is InChI=1S/C19H30N4O3S/c1-13-8-16-11-21-22-19(16)17(9-13)27(25,26)23(3)12-18(24)20-10-15-7-5-4-6-14(15)2/h4-7,13,16-17,19,21-22H,8-12H2,1-3H3,(H,20,24). The number of aryl methyl sites for hydroxylation is 1. The second-order valence-electron chi connectivity index (χ2n) is 7.93. The van der Waals surface area contributed by atoms with E-state index in [9.17, 15) is 13.2 Å². The molecule has 1 saturated heterocycles. The van der Waals surface area contributed by atoms with Crippen LogP contribution < -0.4 is 16.2 Å². The first-order valence-corrected chi connectivity index (χ1v) is 11.0. The predicted molar refractivity (Wildman–Crippen MR) is 105 cm³/mol. The van der Waals surface area contributed by atoms with Gasteiger partial charge in [0.15, 0.2) is 0 Å². The number of likely N-dealkylation sites (N-methyl/N-ethyl adjacent to an activating group) is 1. The average molecular weight is 395 g/mol. The molecule has 7 nitrogen and oxygen atoms in total. The number of hydrogen-bond acceptors (Lipinski definition) is 5. The minimum absolute atomic E-state index is 0.0938. The Hall–Kier alpha value is -1.48. The number of rotatable bonds is 6. The number of nitrogens with one attached hydrogen (secondary N) is 3. The Labute approximate surface area is 161 Å². The fourth-order valence-corrected chi connectivity index (χ4v) is 6.22. The van der Waals surface area contributed by atoms with E-state index in [-0.39, 0.29) is 18.5 Å². The van der Waals surface area contributed by atoms with Gasteiger partial charge in [-0.2, -0.15) is 4.31 Å². The summed E-state index contributed by atoms with van der Waals surface area (Å²) >= 11 is 0. The van der Waals surface area contributed by atoms with Gasteiger partial charge in [-0.15, -0.1) is 0 Å². The number of hydrogen-bond donors (Lipinski definition) is 3. The SMILES string of the molecule is Cc1ccccc1CNC(=O)CN(C)S(=O)(=O)C1CC(C)CC2CNNC21. The van der Waals surface area contributed by atoms with Crippen molar-refractivity contribution in [3.63, 3.8) is 0 Å². The highest BCUT2D eigenvalue weighted by molar-refractivity contribution is 7.89. The zero-order valence-electron chi connectivity index (χ0n) is 16.2. The molecule has 1 aliphatic heterocycles. The van der Waals surface area contributed by atoms with E-state index in [2.05, 4.69) is 23.1 Å². The zero-order chi connectivity index (χ0) is 19.6. The van der Waals surface area contributed by atoms with Gasteiger partial charge in [-0.05, 0) is 42.7 Å². The first kappa shape index (κ1) is 20.3. The van der Waals surface area contributed by atoms with Gasteiger partial charge in [-0.1, -0.05) is 31.2 Å². The lowest BCUT2D eigenvalue weighted by Gasteiger charge is -2.37. The lowest BCUT2D eigenvalue weighted by atomic mass is 9.79. The number of carbonyl (C=O) groups is 1. The Kier molecular flexibility index (Phi) is 6.20. The molecule has 27 heavy (non-hydrogen) atoms. The normalized spacial score (nSPS) is 28.1. The van der Waals surface area contributed by atoms with Gasteiger partial charge < -0.3 is 5.32 Å². The topological polar surface area (TPSA) is 90.5 Å². The number of amides is 1. The number of hydrazine groups is 1. The summed E-state index contributed by atoms with van der Waals surface area (Å²) in [4.78, 5) is 12.3. The largest absolute Gasteiger partial charge is 0.351 e. The van der Waals surface area contributed by atoms with Crippen molar-refractivity contribution in [2.45, 2.75) is 44.5 Å². The zero-order valence-corrected chi connectivity index (χ0v) is 17.1. The number of nitrogens with zero attached hydrogens (tertiary/aromatic N) is 1. The summed E-state index contributed by atoms with van der Waals surface area (Å²) in [5, 5.41) is 2.32. The van der Waals surface area contributed by atoms with Crippen LogP contribution >= 0.6 is 0 Å². The Bertz CT molecular complexity index is 783. The maximum absolute atomic E-state index is 13.1. The Balaban J connectivity index is 1.61. The van der Waals surface area contributed by atoms with Crippen LogP contribution in [0.2, 0.25) is 0 Å². The van der Waals surface area contributed by atoms with Crippen LogP contribution in [0.15, 0.2) is 24.3 Å². The molecule has 1 saturated carbocycles. The molecule has 1 aromatic rings. The second kappa shape index (κ2) is 8.26. The molecule has 3 rings (SSSR count). The summed E-state index contributed by atoms with van der Waals surface area (Å²) in [5.41, 5.74) is 8.37. The molecule has 0 bridgehead atoms. The van der Waals surface area contributed by atoms with Gasteiger partial charge >= 0.3 is 0 Å². The fraction of sp³-hybridized carbons (Fsp3) is 0.632. The number of benzene rings is 1. The van der Waals surface area contributed by atoms with Crippen molar-refractivity contribution in [3.05, 3.63) is 35.4 Å². The van der Waals surface area contributed by atoms with E-state index in [1.807, 2.05) is 31.2 Å². The molecule has 150 valence electrons. The van der Waals surface area contributed by atoms with Crippen molar-refractivity contribution in [3.8, 4) is 0 Å². The van der Waals surface area contributed by atoms with Gasteiger partial charge in [-0.25, -0.2) is 8.42 Å². The van der Waals surface area contributed by atoms with Crippen molar-refractivity contribution < 1.29 is 13.2 Å². The van der Waals surface area contributed by atoms with Gasteiger partial charge in [0.1, 0.15) is 0 Å². The fourth-order valence-electron chi connectivity index (χ4n) is 4.22. The first-order chi connectivity index (χ1) is 12.8. The molecule has 2 fully saturated rings. The van der Waals surface area contributed by atoms with Crippen LogP contribution in [0.4, 0.5) is 0 Å². The number of fused-ring (bicyclic) bond motifs is 1. The molecular formula is C19H30N4O3S. The molecule has 4 atom stereocenters. The van der Waals surface area contributed by atoms with Crippen LogP contribution in [0.25, 0.3) is 0 Å². The number of carbonyl (C=O) groups excluding carboxylic acids is 1. The van der Waals surface area contributed by atoms with E-state index < -0.39 is 15.3 Å². The maximum Gasteiger partial charge on any atom is 0.235 e. The smallest absolute Gasteiger partial charge is 0.235 e. The van der Waals surface area contributed by atoms with Gasteiger partial charge in [-0.3, -0.25) is 15.6 Å². The summed E-state index contributed by atoms with van der Waals surface area (Å²) < 4.78 is 27.4. The second-order valence-corrected chi connectivity index (χ2v) is 10.2. The van der Waals surface area contributed by atoms with Crippen LogP contribution in [-0.2, 0) is 21.4 Å². The van der Waals surface area contributed by atoms with Crippen molar-refractivity contribution in [1.29, 1.82) is 0 Å². The minimum Gasteiger partial charge on any atom is -0.351 e. The van der Waals surface area contributed by atoms with Crippen LogP contribution in [0, 0.1) is 18.8 Å². The first-order valence-electron chi connectivity index (χ1n) is 9.53.